The molecule has 0 bridgehead atoms. The van der Waals surface area contributed by atoms with Gasteiger partial charge in [-0.05, 0) is 55.1 Å². The number of amides is 1. The highest BCUT2D eigenvalue weighted by atomic mass is 16.5. The highest BCUT2D eigenvalue weighted by Crippen LogP contribution is 2.25. The molecule has 3 aromatic rings. The summed E-state index contributed by atoms with van der Waals surface area (Å²) >= 11 is 0. The summed E-state index contributed by atoms with van der Waals surface area (Å²) in [6.07, 6.45) is 4.11. The number of carbonyl (C=O) groups is 1. The summed E-state index contributed by atoms with van der Waals surface area (Å²) < 4.78 is 5.27. The number of piperidine rings is 1. The van der Waals surface area contributed by atoms with Crippen molar-refractivity contribution in [3.63, 3.8) is 0 Å². The molecule has 0 radical (unpaired) electrons. The van der Waals surface area contributed by atoms with E-state index in [0.29, 0.717) is 24.1 Å². The molecule has 1 aromatic heterocycles. The minimum atomic E-state index is -0.0542. The number of rotatable bonds is 6. The monoisotopic (exact) mass is 403 g/mol. The standard InChI is InChI=1S/C25H29N3O2/c1-18-6-5-15-28(17-19-10-12-21(30-2)13-11-19)23(18)16-27-25(29)22-9-3-7-20-8-4-14-26-24(20)22/h3-4,7-14,18,23H,5-6,15-17H2,1-2H3,(H,27,29). The third-order valence-electron chi connectivity index (χ3n) is 6.12. The fraction of sp³-hybridized carbons (Fsp3) is 0.360. The molecule has 30 heavy (non-hydrogen) atoms. The molecule has 2 aromatic carbocycles. The number of hydrogen-bond acceptors (Lipinski definition) is 4. The number of aromatic nitrogens is 1. The Morgan fingerprint density at radius 3 is 2.77 bits per heavy atom. The Morgan fingerprint density at radius 2 is 1.97 bits per heavy atom. The number of para-hydroxylation sites is 1. The van der Waals surface area contributed by atoms with Gasteiger partial charge in [0.05, 0.1) is 18.2 Å². The molecule has 1 fully saturated rings. The van der Waals surface area contributed by atoms with Crippen LogP contribution in [0.25, 0.3) is 10.9 Å². The quantitative estimate of drug-likeness (QED) is 0.668. The van der Waals surface area contributed by atoms with Gasteiger partial charge < -0.3 is 10.1 Å². The lowest BCUT2D eigenvalue weighted by atomic mass is 9.90. The van der Waals surface area contributed by atoms with Crippen LogP contribution in [-0.4, -0.2) is 42.0 Å². The summed E-state index contributed by atoms with van der Waals surface area (Å²) in [4.78, 5) is 19.9. The van der Waals surface area contributed by atoms with Gasteiger partial charge >= 0.3 is 0 Å². The molecule has 5 nitrogen and oxygen atoms in total. The minimum Gasteiger partial charge on any atom is -0.497 e. The van der Waals surface area contributed by atoms with Crippen molar-refractivity contribution < 1.29 is 9.53 Å². The van der Waals surface area contributed by atoms with E-state index in [1.807, 2.05) is 42.5 Å². The van der Waals surface area contributed by atoms with Gasteiger partial charge in [-0.2, -0.15) is 0 Å². The average molecular weight is 404 g/mol. The predicted molar refractivity (Wildman–Crippen MR) is 120 cm³/mol. The van der Waals surface area contributed by atoms with Gasteiger partial charge in [0.25, 0.3) is 5.91 Å². The molecule has 4 rings (SSSR count). The second-order valence-electron chi connectivity index (χ2n) is 8.10. The van der Waals surface area contributed by atoms with Crippen molar-refractivity contribution >= 4 is 16.8 Å². The van der Waals surface area contributed by atoms with Crippen molar-refractivity contribution in [2.24, 2.45) is 5.92 Å². The van der Waals surface area contributed by atoms with E-state index >= 15 is 0 Å². The number of nitrogens with zero attached hydrogens (tertiary/aromatic N) is 2. The zero-order chi connectivity index (χ0) is 20.9. The molecule has 0 aliphatic carbocycles. The van der Waals surface area contributed by atoms with E-state index in [2.05, 4.69) is 34.3 Å². The van der Waals surface area contributed by atoms with Crippen LogP contribution in [0.1, 0.15) is 35.7 Å². The summed E-state index contributed by atoms with van der Waals surface area (Å²) in [5.41, 5.74) is 2.65. The van der Waals surface area contributed by atoms with Gasteiger partial charge in [-0.15, -0.1) is 0 Å². The van der Waals surface area contributed by atoms with Crippen LogP contribution in [-0.2, 0) is 6.54 Å². The molecule has 1 aliphatic heterocycles. The number of fused-ring (bicyclic) bond motifs is 1. The summed E-state index contributed by atoms with van der Waals surface area (Å²) in [6.45, 7) is 4.85. The number of carbonyl (C=O) groups excluding carboxylic acids is 1. The fourth-order valence-electron chi connectivity index (χ4n) is 4.41. The van der Waals surface area contributed by atoms with E-state index in [4.69, 9.17) is 4.74 Å². The largest absolute Gasteiger partial charge is 0.497 e. The van der Waals surface area contributed by atoms with Crippen molar-refractivity contribution in [3.05, 3.63) is 71.9 Å². The van der Waals surface area contributed by atoms with Gasteiger partial charge in [-0.1, -0.05) is 37.3 Å². The maximum Gasteiger partial charge on any atom is 0.253 e. The zero-order valence-electron chi connectivity index (χ0n) is 17.7. The van der Waals surface area contributed by atoms with Gasteiger partial charge in [0.1, 0.15) is 5.75 Å². The average Bonchev–Trinajstić information content (AvgIpc) is 2.78. The molecule has 2 atom stereocenters. The molecule has 1 N–H and O–H groups in total. The van der Waals surface area contributed by atoms with Crippen LogP contribution in [0.15, 0.2) is 60.8 Å². The molecule has 5 heteroatoms. The lowest BCUT2D eigenvalue weighted by Crippen LogP contribution is -2.50. The molecule has 0 saturated carbocycles. The number of benzene rings is 2. The Balaban J connectivity index is 1.45. The smallest absolute Gasteiger partial charge is 0.253 e. The van der Waals surface area contributed by atoms with E-state index < -0.39 is 0 Å². The Kier molecular flexibility index (Phi) is 6.29. The maximum absolute atomic E-state index is 13.0. The first kappa shape index (κ1) is 20.4. The van der Waals surface area contributed by atoms with Crippen molar-refractivity contribution in [3.8, 4) is 5.75 Å². The van der Waals surface area contributed by atoms with Gasteiger partial charge in [0.2, 0.25) is 0 Å². The highest BCUT2D eigenvalue weighted by molar-refractivity contribution is 6.05. The van der Waals surface area contributed by atoms with E-state index in [1.54, 1.807) is 13.3 Å². The first-order valence-electron chi connectivity index (χ1n) is 10.6. The third-order valence-corrected chi connectivity index (χ3v) is 6.12. The van der Waals surface area contributed by atoms with E-state index in [0.717, 1.165) is 29.7 Å². The fourth-order valence-corrected chi connectivity index (χ4v) is 4.41. The Bertz CT molecular complexity index is 997. The van der Waals surface area contributed by atoms with Crippen LogP contribution < -0.4 is 10.1 Å². The summed E-state index contributed by atoms with van der Waals surface area (Å²) in [7, 11) is 1.69. The van der Waals surface area contributed by atoms with Crippen molar-refractivity contribution in [1.82, 2.24) is 15.2 Å². The first-order chi connectivity index (χ1) is 14.7. The molecule has 1 saturated heterocycles. The number of pyridine rings is 1. The lowest BCUT2D eigenvalue weighted by molar-refractivity contribution is 0.0801. The number of methoxy groups -OCH3 is 1. The van der Waals surface area contributed by atoms with E-state index in [9.17, 15) is 4.79 Å². The predicted octanol–water partition coefficient (Wildman–Crippen LogP) is 4.27. The molecule has 0 spiro atoms. The van der Waals surface area contributed by atoms with Gasteiger partial charge in [-0.3, -0.25) is 14.7 Å². The van der Waals surface area contributed by atoms with Crippen LogP contribution in [0.2, 0.25) is 0 Å². The molecule has 156 valence electrons. The van der Waals surface area contributed by atoms with Crippen LogP contribution in [0.3, 0.4) is 0 Å². The molecule has 2 heterocycles. The van der Waals surface area contributed by atoms with Gasteiger partial charge in [-0.25, -0.2) is 0 Å². The van der Waals surface area contributed by atoms with Crippen LogP contribution in [0.5, 0.6) is 5.75 Å². The van der Waals surface area contributed by atoms with Crippen molar-refractivity contribution in [2.45, 2.75) is 32.4 Å². The third kappa shape index (κ3) is 4.46. The minimum absolute atomic E-state index is 0.0542. The summed E-state index contributed by atoms with van der Waals surface area (Å²) in [6, 6.07) is 18.2. The number of likely N-dealkylation sites (tertiary alicyclic amines) is 1. The zero-order valence-corrected chi connectivity index (χ0v) is 17.7. The Morgan fingerprint density at radius 1 is 1.17 bits per heavy atom. The topological polar surface area (TPSA) is 54.5 Å². The number of hydrogen-bond donors (Lipinski definition) is 1. The van der Waals surface area contributed by atoms with Crippen LogP contribution in [0, 0.1) is 5.92 Å². The number of ether oxygens (including phenoxy) is 1. The first-order valence-corrected chi connectivity index (χ1v) is 10.6. The lowest BCUT2D eigenvalue weighted by Gasteiger charge is -2.40. The highest BCUT2D eigenvalue weighted by Gasteiger charge is 2.29. The number of nitrogens with one attached hydrogen (secondary N) is 1. The Hall–Kier alpha value is -2.92. The van der Waals surface area contributed by atoms with E-state index in [-0.39, 0.29) is 5.91 Å². The normalized spacial score (nSPS) is 19.5. The molecular weight excluding hydrogens is 374 g/mol. The molecule has 2 unspecified atom stereocenters. The van der Waals surface area contributed by atoms with E-state index in [1.165, 1.54) is 18.4 Å². The van der Waals surface area contributed by atoms with Gasteiger partial charge in [0.15, 0.2) is 0 Å². The molecule has 1 aliphatic rings. The summed E-state index contributed by atoms with van der Waals surface area (Å²) in [5, 5.41) is 4.17. The molecular formula is C25H29N3O2. The maximum atomic E-state index is 13.0. The van der Waals surface area contributed by atoms with Crippen molar-refractivity contribution in [2.75, 3.05) is 20.2 Å². The SMILES string of the molecule is COc1ccc(CN2CCCC(C)C2CNC(=O)c2cccc3cccnc23)cc1. The Labute approximate surface area is 178 Å². The summed E-state index contributed by atoms with van der Waals surface area (Å²) in [5.74, 6) is 1.35. The van der Waals surface area contributed by atoms with Crippen LogP contribution >= 0.6 is 0 Å². The van der Waals surface area contributed by atoms with Crippen molar-refractivity contribution in [1.29, 1.82) is 0 Å². The second-order valence-corrected chi connectivity index (χ2v) is 8.10. The molecule has 1 amide bonds. The van der Waals surface area contributed by atoms with Crippen LogP contribution in [0.4, 0.5) is 0 Å². The second kappa shape index (κ2) is 9.26. The van der Waals surface area contributed by atoms with Gasteiger partial charge in [0, 0.05) is 30.7 Å².